The molecule has 1 saturated heterocycles. The molecule has 0 atom stereocenters. The van der Waals surface area contributed by atoms with Gasteiger partial charge in [-0.3, -0.25) is 9.69 Å². The largest absolute Gasteiger partial charge is 0.399 e. The van der Waals surface area contributed by atoms with E-state index in [1.54, 1.807) is 12.1 Å². The van der Waals surface area contributed by atoms with Gasteiger partial charge in [-0.2, -0.15) is 0 Å². The van der Waals surface area contributed by atoms with Gasteiger partial charge in [-0.15, -0.1) is 0 Å². The van der Waals surface area contributed by atoms with Crippen LogP contribution in [0, 0.1) is 6.92 Å². The number of hydrogen-bond donors (Lipinski definition) is 1. The summed E-state index contributed by atoms with van der Waals surface area (Å²) < 4.78 is 0. The maximum atomic E-state index is 12.4. The summed E-state index contributed by atoms with van der Waals surface area (Å²) in [5.41, 5.74) is 9.64. The molecule has 0 amide bonds. The van der Waals surface area contributed by atoms with Crippen molar-refractivity contribution in [3.05, 3.63) is 59.7 Å². The molecule has 2 aromatic rings. The maximum absolute atomic E-state index is 12.4. The molecule has 0 saturated carbocycles. The third-order valence-corrected chi connectivity index (χ3v) is 4.31. The molecule has 1 heterocycles. The number of anilines is 2. The predicted molar refractivity (Wildman–Crippen MR) is 95.0 cm³/mol. The van der Waals surface area contributed by atoms with Gasteiger partial charge in [0.15, 0.2) is 5.78 Å². The van der Waals surface area contributed by atoms with E-state index in [0.29, 0.717) is 17.8 Å². The average molecular weight is 309 g/mol. The lowest BCUT2D eigenvalue weighted by Gasteiger charge is -2.35. The minimum absolute atomic E-state index is 0.140. The predicted octanol–water partition coefficient (Wildman–Crippen LogP) is 2.58. The molecule has 0 aliphatic carbocycles. The van der Waals surface area contributed by atoms with Gasteiger partial charge in [0.05, 0.1) is 6.54 Å². The van der Waals surface area contributed by atoms with Crippen molar-refractivity contribution >= 4 is 17.2 Å². The van der Waals surface area contributed by atoms with Gasteiger partial charge in [0.2, 0.25) is 0 Å². The Morgan fingerprint density at radius 2 is 1.78 bits per heavy atom. The number of rotatable bonds is 4. The number of Topliss-reactive ketones (excluding diaryl/α,β-unsaturated/α-hetero) is 1. The highest BCUT2D eigenvalue weighted by Crippen LogP contribution is 2.18. The van der Waals surface area contributed by atoms with Crippen LogP contribution >= 0.6 is 0 Å². The lowest BCUT2D eigenvalue weighted by molar-refractivity contribution is 0.0926. The molecule has 3 rings (SSSR count). The van der Waals surface area contributed by atoms with Gasteiger partial charge in [0, 0.05) is 43.1 Å². The van der Waals surface area contributed by atoms with Gasteiger partial charge < -0.3 is 10.6 Å². The second-order valence-corrected chi connectivity index (χ2v) is 6.15. The number of ketones is 1. The molecule has 120 valence electrons. The first kappa shape index (κ1) is 15.6. The van der Waals surface area contributed by atoms with E-state index in [2.05, 4.69) is 41.0 Å². The molecule has 1 fully saturated rings. The minimum Gasteiger partial charge on any atom is -0.399 e. The van der Waals surface area contributed by atoms with Crippen LogP contribution < -0.4 is 10.6 Å². The van der Waals surface area contributed by atoms with E-state index in [0.717, 1.165) is 26.2 Å². The summed E-state index contributed by atoms with van der Waals surface area (Å²) in [6.07, 6.45) is 0. The average Bonchev–Trinajstić information content (AvgIpc) is 2.55. The van der Waals surface area contributed by atoms with Gasteiger partial charge in [-0.25, -0.2) is 0 Å². The molecule has 23 heavy (non-hydrogen) atoms. The van der Waals surface area contributed by atoms with Crippen LogP contribution in [-0.4, -0.2) is 43.4 Å². The van der Waals surface area contributed by atoms with E-state index >= 15 is 0 Å². The van der Waals surface area contributed by atoms with Crippen molar-refractivity contribution in [1.29, 1.82) is 0 Å². The standard InChI is InChI=1S/C19H23N3O/c1-15-4-2-7-18(12-15)22-10-8-21(9-11-22)14-19(23)16-5-3-6-17(20)13-16/h2-7,12-13H,8-11,14,20H2,1H3. The molecule has 0 aromatic heterocycles. The van der Waals surface area contributed by atoms with Crippen molar-refractivity contribution in [1.82, 2.24) is 4.90 Å². The number of nitrogens with two attached hydrogens (primary N) is 1. The highest BCUT2D eigenvalue weighted by atomic mass is 16.1. The van der Waals surface area contributed by atoms with Crippen LogP contribution in [0.4, 0.5) is 11.4 Å². The molecular formula is C19H23N3O. The second kappa shape index (κ2) is 6.84. The molecular weight excluding hydrogens is 286 g/mol. The van der Waals surface area contributed by atoms with Crippen LogP contribution in [0.25, 0.3) is 0 Å². The number of nitrogen functional groups attached to an aromatic ring is 1. The van der Waals surface area contributed by atoms with Crippen LogP contribution in [0.2, 0.25) is 0 Å². The third-order valence-electron chi connectivity index (χ3n) is 4.31. The lowest BCUT2D eigenvalue weighted by Crippen LogP contribution is -2.48. The quantitative estimate of drug-likeness (QED) is 0.696. The zero-order chi connectivity index (χ0) is 16.2. The minimum atomic E-state index is 0.140. The molecule has 2 aromatic carbocycles. The molecule has 1 aliphatic heterocycles. The van der Waals surface area contributed by atoms with Gasteiger partial charge in [0.1, 0.15) is 0 Å². The molecule has 0 unspecified atom stereocenters. The summed E-state index contributed by atoms with van der Waals surface area (Å²) in [5.74, 6) is 0.140. The van der Waals surface area contributed by atoms with E-state index in [9.17, 15) is 4.79 Å². The van der Waals surface area contributed by atoms with Gasteiger partial charge in [-0.05, 0) is 36.8 Å². The number of benzene rings is 2. The Morgan fingerprint density at radius 1 is 1.04 bits per heavy atom. The third kappa shape index (κ3) is 3.90. The normalized spacial score (nSPS) is 15.6. The zero-order valence-electron chi connectivity index (χ0n) is 13.5. The van der Waals surface area contributed by atoms with E-state index in [-0.39, 0.29) is 5.78 Å². The molecule has 4 heteroatoms. The van der Waals surface area contributed by atoms with Gasteiger partial charge in [0.25, 0.3) is 0 Å². The molecule has 2 N–H and O–H groups in total. The number of hydrogen-bond acceptors (Lipinski definition) is 4. The Morgan fingerprint density at radius 3 is 2.48 bits per heavy atom. The van der Waals surface area contributed by atoms with Crippen LogP contribution in [-0.2, 0) is 0 Å². The van der Waals surface area contributed by atoms with Crippen LogP contribution in [0.3, 0.4) is 0 Å². The number of carbonyl (C=O) groups is 1. The van der Waals surface area contributed by atoms with Crippen molar-refractivity contribution in [3.8, 4) is 0 Å². The fraction of sp³-hybridized carbons (Fsp3) is 0.316. The van der Waals surface area contributed by atoms with E-state index in [1.807, 2.05) is 12.1 Å². The van der Waals surface area contributed by atoms with Crippen molar-refractivity contribution in [2.45, 2.75) is 6.92 Å². The van der Waals surface area contributed by atoms with Gasteiger partial charge in [-0.1, -0.05) is 24.3 Å². The van der Waals surface area contributed by atoms with Crippen molar-refractivity contribution in [2.75, 3.05) is 43.4 Å². The van der Waals surface area contributed by atoms with Crippen LogP contribution in [0.5, 0.6) is 0 Å². The highest BCUT2D eigenvalue weighted by Gasteiger charge is 2.19. The van der Waals surface area contributed by atoms with Crippen molar-refractivity contribution in [2.24, 2.45) is 0 Å². The van der Waals surface area contributed by atoms with Crippen LogP contribution in [0.1, 0.15) is 15.9 Å². The first-order valence-corrected chi connectivity index (χ1v) is 8.04. The molecule has 0 bridgehead atoms. The number of nitrogens with zero attached hydrogens (tertiary/aromatic N) is 2. The highest BCUT2D eigenvalue weighted by molar-refractivity contribution is 5.98. The Hall–Kier alpha value is -2.33. The SMILES string of the molecule is Cc1cccc(N2CCN(CC(=O)c3cccc(N)c3)CC2)c1. The van der Waals surface area contributed by atoms with E-state index in [4.69, 9.17) is 5.73 Å². The summed E-state index contributed by atoms with van der Waals surface area (Å²) in [7, 11) is 0. The topological polar surface area (TPSA) is 49.6 Å². The lowest BCUT2D eigenvalue weighted by atomic mass is 10.1. The fourth-order valence-electron chi connectivity index (χ4n) is 3.00. The molecule has 0 radical (unpaired) electrons. The molecule has 0 spiro atoms. The summed E-state index contributed by atoms with van der Waals surface area (Å²) in [5, 5.41) is 0. The summed E-state index contributed by atoms with van der Waals surface area (Å²) in [4.78, 5) is 17.0. The van der Waals surface area contributed by atoms with Gasteiger partial charge >= 0.3 is 0 Å². The fourth-order valence-corrected chi connectivity index (χ4v) is 3.00. The van der Waals surface area contributed by atoms with E-state index < -0.39 is 0 Å². The smallest absolute Gasteiger partial charge is 0.176 e. The summed E-state index contributed by atoms with van der Waals surface area (Å²) in [6, 6.07) is 15.8. The maximum Gasteiger partial charge on any atom is 0.176 e. The monoisotopic (exact) mass is 309 g/mol. The molecule has 1 aliphatic rings. The Balaban J connectivity index is 1.56. The second-order valence-electron chi connectivity index (χ2n) is 6.15. The number of carbonyl (C=O) groups excluding carboxylic acids is 1. The Kier molecular flexibility index (Phi) is 4.63. The Labute approximate surface area is 137 Å². The zero-order valence-corrected chi connectivity index (χ0v) is 13.5. The summed E-state index contributed by atoms with van der Waals surface area (Å²) >= 11 is 0. The first-order chi connectivity index (χ1) is 11.1. The van der Waals surface area contributed by atoms with E-state index in [1.165, 1.54) is 11.3 Å². The summed E-state index contributed by atoms with van der Waals surface area (Å²) in [6.45, 7) is 6.29. The number of aryl methyl sites for hydroxylation is 1. The Bertz CT molecular complexity index is 691. The van der Waals surface area contributed by atoms with Crippen LogP contribution in [0.15, 0.2) is 48.5 Å². The van der Waals surface area contributed by atoms with Crippen molar-refractivity contribution in [3.63, 3.8) is 0 Å². The number of piperazine rings is 1. The first-order valence-electron chi connectivity index (χ1n) is 8.04. The van der Waals surface area contributed by atoms with Crippen molar-refractivity contribution < 1.29 is 4.79 Å². The molecule has 4 nitrogen and oxygen atoms in total.